The second-order valence-electron chi connectivity index (χ2n) is 8.11. The number of likely N-dealkylation sites (tertiary alicyclic amines) is 1. The van der Waals surface area contributed by atoms with Crippen molar-refractivity contribution in [3.63, 3.8) is 0 Å². The smallest absolute Gasteiger partial charge is 0.253 e. The molecule has 33 heavy (non-hydrogen) atoms. The van der Waals surface area contributed by atoms with Crippen LogP contribution < -0.4 is 0 Å². The molecule has 168 valence electrons. The summed E-state index contributed by atoms with van der Waals surface area (Å²) in [7, 11) is 0. The lowest BCUT2D eigenvalue weighted by atomic mass is 9.95. The van der Waals surface area contributed by atoms with E-state index < -0.39 is 0 Å². The van der Waals surface area contributed by atoms with E-state index in [0.717, 1.165) is 47.2 Å². The van der Waals surface area contributed by atoms with Crippen molar-refractivity contribution in [3.8, 4) is 17.1 Å². The van der Waals surface area contributed by atoms with Gasteiger partial charge in [0.25, 0.3) is 5.91 Å². The average Bonchev–Trinajstić information content (AvgIpc) is 3.55. The Morgan fingerprint density at radius 2 is 1.94 bits per heavy atom. The largest absolute Gasteiger partial charge is 0.339 e. The molecule has 1 saturated heterocycles. The van der Waals surface area contributed by atoms with Gasteiger partial charge in [-0.1, -0.05) is 41.6 Å². The Morgan fingerprint density at radius 1 is 1.12 bits per heavy atom. The Labute approximate surface area is 196 Å². The first-order valence-electron chi connectivity index (χ1n) is 11.0. The van der Waals surface area contributed by atoms with Crippen molar-refractivity contribution in [2.24, 2.45) is 0 Å². The van der Waals surface area contributed by atoms with Crippen LogP contribution >= 0.6 is 11.8 Å². The number of hydrogen-bond donors (Lipinski definition) is 1. The zero-order valence-electron chi connectivity index (χ0n) is 18.4. The fourth-order valence-corrected chi connectivity index (χ4v) is 4.56. The standard InChI is InChI=1S/C24H25N7OS/c1-33-16-20-15-31(29-26-20)21-9-5-8-19(14-21)24(32)30-12-10-18(11-13-30)23-25-22(27-28-23)17-6-3-2-4-7-17/h2-9,14-15,18H,10-13,16H2,1H3,(H,25,27,28). The highest BCUT2D eigenvalue weighted by Gasteiger charge is 2.27. The third kappa shape index (κ3) is 4.68. The number of carbonyl (C=O) groups is 1. The lowest BCUT2D eigenvalue weighted by Crippen LogP contribution is -2.38. The zero-order valence-corrected chi connectivity index (χ0v) is 19.2. The number of benzene rings is 2. The molecule has 2 aromatic heterocycles. The van der Waals surface area contributed by atoms with Crippen molar-refractivity contribution < 1.29 is 4.79 Å². The highest BCUT2D eigenvalue weighted by Crippen LogP contribution is 2.28. The van der Waals surface area contributed by atoms with Crippen LogP contribution in [0.2, 0.25) is 0 Å². The van der Waals surface area contributed by atoms with E-state index in [9.17, 15) is 4.79 Å². The van der Waals surface area contributed by atoms with Crippen molar-refractivity contribution in [2.45, 2.75) is 24.5 Å². The molecule has 5 rings (SSSR count). The summed E-state index contributed by atoms with van der Waals surface area (Å²) in [6, 6.07) is 17.5. The molecule has 0 spiro atoms. The number of aromatic nitrogens is 6. The van der Waals surface area contributed by atoms with Gasteiger partial charge < -0.3 is 4.90 Å². The molecule has 0 saturated carbocycles. The van der Waals surface area contributed by atoms with Crippen LogP contribution in [-0.2, 0) is 5.75 Å². The normalized spacial score (nSPS) is 14.5. The molecule has 0 unspecified atom stereocenters. The summed E-state index contributed by atoms with van der Waals surface area (Å²) in [4.78, 5) is 19.8. The van der Waals surface area contributed by atoms with Gasteiger partial charge in [-0.3, -0.25) is 9.89 Å². The van der Waals surface area contributed by atoms with Gasteiger partial charge in [-0.15, -0.1) is 5.10 Å². The molecule has 4 aromatic rings. The number of nitrogens with zero attached hydrogens (tertiary/aromatic N) is 6. The van der Waals surface area contributed by atoms with E-state index in [1.54, 1.807) is 16.4 Å². The Morgan fingerprint density at radius 3 is 2.73 bits per heavy atom. The molecular formula is C24H25N7OS. The molecule has 0 radical (unpaired) electrons. The number of thioether (sulfide) groups is 1. The lowest BCUT2D eigenvalue weighted by Gasteiger charge is -2.31. The molecule has 9 heteroatoms. The number of nitrogens with one attached hydrogen (secondary N) is 1. The number of piperidine rings is 1. The number of aromatic amines is 1. The first kappa shape index (κ1) is 21.4. The van der Waals surface area contributed by atoms with Crippen molar-refractivity contribution >= 4 is 17.7 Å². The SMILES string of the molecule is CSCc1cn(-c2cccc(C(=O)N3CCC(c4nc(-c5ccccc5)n[nH]4)CC3)c2)nn1. The molecule has 0 atom stereocenters. The van der Waals surface area contributed by atoms with E-state index in [1.807, 2.05) is 71.9 Å². The molecule has 1 aliphatic heterocycles. The maximum Gasteiger partial charge on any atom is 0.253 e. The summed E-state index contributed by atoms with van der Waals surface area (Å²) < 4.78 is 1.72. The van der Waals surface area contributed by atoms with Crippen LogP contribution in [0.5, 0.6) is 0 Å². The van der Waals surface area contributed by atoms with E-state index in [2.05, 4.69) is 20.5 Å². The summed E-state index contributed by atoms with van der Waals surface area (Å²) in [5.74, 6) is 2.74. The van der Waals surface area contributed by atoms with Gasteiger partial charge in [-0.05, 0) is 37.3 Å². The van der Waals surface area contributed by atoms with Crippen LogP contribution in [-0.4, -0.2) is 60.3 Å². The van der Waals surface area contributed by atoms with Crippen LogP contribution in [0.3, 0.4) is 0 Å². The van der Waals surface area contributed by atoms with Crippen LogP contribution in [0.25, 0.3) is 17.1 Å². The molecular weight excluding hydrogens is 434 g/mol. The number of H-pyrrole nitrogens is 1. The molecule has 2 aromatic carbocycles. The molecule has 1 fully saturated rings. The third-order valence-corrected chi connectivity index (χ3v) is 6.48. The van der Waals surface area contributed by atoms with E-state index in [-0.39, 0.29) is 11.8 Å². The van der Waals surface area contributed by atoms with Crippen molar-refractivity contribution in [1.82, 2.24) is 35.1 Å². The molecule has 0 bridgehead atoms. The van der Waals surface area contributed by atoms with Crippen molar-refractivity contribution in [2.75, 3.05) is 19.3 Å². The molecule has 1 aliphatic rings. The third-order valence-electron chi connectivity index (χ3n) is 5.89. The predicted molar refractivity (Wildman–Crippen MR) is 128 cm³/mol. The number of amides is 1. The zero-order chi connectivity index (χ0) is 22.6. The second-order valence-corrected chi connectivity index (χ2v) is 8.98. The quantitative estimate of drug-likeness (QED) is 0.470. The minimum Gasteiger partial charge on any atom is -0.339 e. The maximum atomic E-state index is 13.2. The average molecular weight is 460 g/mol. The minimum absolute atomic E-state index is 0.0438. The maximum absolute atomic E-state index is 13.2. The molecule has 1 N–H and O–H groups in total. The van der Waals surface area contributed by atoms with E-state index in [4.69, 9.17) is 4.98 Å². The summed E-state index contributed by atoms with van der Waals surface area (Å²) >= 11 is 1.70. The van der Waals surface area contributed by atoms with Gasteiger partial charge >= 0.3 is 0 Å². The summed E-state index contributed by atoms with van der Waals surface area (Å²) in [6.07, 6.45) is 5.66. The van der Waals surface area contributed by atoms with E-state index in [1.165, 1.54) is 0 Å². The van der Waals surface area contributed by atoms with Crippen LogP contribution in [0.1, 0.15) is 40.6 Å². The second kappa shape index (κ2) is 9.58. The fraction of sp³-hybridized carbons (Fsp3) is 0.292. The van der Waals surface area contributed by atoms with Gasteiger partial charge in [0.1, 0.15) is 5.82 Å². The highest BCUT2D eigenvalue weighted by atomic mass is 32.2. The van der Waals surface area contributed by atoms with Crippen molar-refractivity contribution in [3.05, 3.63) is 77.9 Å². The molecule has 8 nitrogen and oxygen atoms in total. The summed E-state index contributed by atoms with van der Waals surface area (Å²) in [6.45, 7) is 1.38. The van der Waals surface area contributed by atoms with Gasteiger partial charge in [0, 0.05) is 35.9 Å². The van der Waals surface area contributed by atoms with E-state index in [0.29, 0.717) is 18.7 Å². The molecule has 1 amide bonds. The number of carbonyl (C=O) groups excluding carboxylic acids is 1. The Bertz CT molecular complexity index is 1230. The molecule has 0 aliphatic carbocycles. The first-order chi connectivity index (χ1) is 16.2. The van der Waals surface area contributed by atoms with Crippen LogP contribution in [0, 0.1) is 0 Å². The monoisotopic (exact) mass is 459 g/mol. The van der Waals surface area contributed by atoms with Gasteiger partial charge in [0.2, 0.25) is 0 Å². The Kier molecular flexibility index (Phi) is 6.21. The predicted octanol–water partition coefficient (Wildman–Crippen LogP) is 3.94. The topological polar surface area (TPSA) is 92.6 Å². The Balaban J connectivity index is 1.23. The molecule has 3 heterocycles. The number of hydrogen-bond acceptors (Lipinski definition) is 6. The van der Waals surface area contributed by atoms with Gasteiger partial charge in [0.15, 0.2) is 5.82 Å². The van der Waals surface area contributed by atoms with Gasteiger partial charge in [-0.2, -0.15) is 16.9 Å². The summed E-state index contributed by atoms with van der Waals surface area (Å²) in [5, 5.41) is 15.9. The number of rotatable bonds is 6. The highest BCUT2D eigenvalue weighted by molar-refractivity contribution is 7.97. The van der Waals surface area contributed by atoms with Crippen molar-refractivity contribution in [1.29, 1.82) is 0 Å². The van der Waals surface area contributed by atoms with Crippen LogP contribution in [0.4, 0.5) is 0 Å². The first-order valence-corrected chi connectivity index (χ1v) is 12.4. The fourth-order valence-electron chi connectivity index (χ4n) is 4.13. The van der Waals surface area contributed by atoms with Gasteiger partial charge in [0.05, 0.1) is 17.6 Å². The summed E-state index contributed by atoms with van der Waals surface area (Å²) in [5.41, 5.74) is 3.43. The van der Waals surface area contributed by atoms with Crippen LogP contribution in [0.15, 0.2) is 60.8 Å². The van der Waals surface area contributed by atoms with Gasteiger partial charge in [-0.25, -0.2) is 9.67 Å². The Hall–Kier alpha value is -3.46. The minimum atomic E-state index is 0.0438. The lowest BCUT2D eigenvalue weighted by molar-refractivity contribution is 0.0711. The van der Waals surface area contributed by atoms with E-state index >= 15 is 0 Å².